The summed E-state index contributed by atoms with van der Waals surface area (Å²) in [6.07, 6.45) is 2.29. The molecule has 90 valence electrons. The van der Waals surface area contributed by atoms with E-state index in [1.807, 2.05) is 0 Å². The summed E-state index contributed by atoms with van der Waals surface area (Å²) >= 11 is 0. The van der Waals surface area contributed by atoms with Crippen LogP contribution in [-0.2, 0) is 4.74 Å². The normalized spacial score (nSPS) is 21.8. The van der Waals surface area contributed by atoms with Crippen molar-refractivity contribution >= 4 is 0 Å². The molecule has 0 aliphatic carbocycles. The van der Waals surface area contributed by atoms with E-state index in [1.165, 1.54) is 12.8 Å². The molecular weight excluding hydrogens is 192 g/mol. The molecule has 0 aromatic rings. The maximum atomic E-state index is 9.78. The predicted octanol–water partition coefficient (Wildman–Crippen LogP) is 0.0676. The van der Waals surface area contributed by atoms with Gasteiger partial charge in [-0.15, -0.1) is 0 Å². The summed E-state index contributed by atoms with van der Waals surface area (Å²) in [4.78, 5) is 2.33. The van der Waals surface area contributed by atoms with Gasteiger partial charge in [0.15, 0.2) is 0 Å². The molecule has 1 aliphatic rings. The zero-order valence-corrected chi connectivity index (χ0v) is 9.91. The largest absolute Gasteiger partial charge is 0.390 e. The minimum Gasteiger partial charge on any atom is -0.390 e. The monoisotopic (exact) mass is 216 g/mol. The fourth-order valence-electron chi connectivity index (χ4n) is 1.97. The summed E-state index contributed by atoms with van der Waals surface area (Å²) in [5.41, 5.74) is 0. The molecule has 2 unspecified atom stereocenters. The number of likely N-dealkylation sites (tertiary alicyclic amines) is 1. The standard InChI is InChI=1S/C11H24N2O2/c1-10(9-15-2)12-7-11(14)8-13-5-3-4-6-13/h10-12,14H,3-9H2,1-2H3. The minimum absolute atomic E-state index is 0.262. The van der Waals surface area contributed by atoms with Gasteiger partial charge < -0.3 is 20.1 Å². The Morgan fingerprint density at radius 1 is 1.40 bits per heavy atom. The molecule has 0 aromatic heterocycles. The number of rotatable bonds is 7. The van der Waals surface area contributed by atoms with Gasteiger partial charge in [-0.3, -0.25) is 0 Å². The summed E-state index contributed by atoms with van der Waals surface area (Å²) in [7, 11) is 1.69. The van der Waals surface area contributed by atoms with Gasteiger partial charge in [0.2, 0.25) is 0 Å². The van der Waals surface area contributed by atoms with E-state index < -0.39 is 0 Å². The van der Waals surface area contributed by atoms with Crippen molar-refractivity contribution in [3.05, 3.63) is 0 Å². The number of hydrogen-bond acceptors (Lipinski definition) is 4. The van der Waals surface area contributed by atoms with E-state index >= 15 is 0 Å². The van der Waals surface area contributed by atoms with Crippen molar-refractivity contribution in [3.63, 3.8) is 0 Å². The van der Waals surface area contributed by atoms with Crippen LogP contribution in [0.1, 0.15) is 19.8 Å². The highest BCUT2D eigenvalue weighted by Gasteiger charge is 2.15. The van der Waals surface area contributed by atoms with Crippen molar-refractivity contribution in [3.8, 4) is 0 Å². The summed E-state index contributed by atoms with van der Waals surface area (Å²) in [6.45, 7) is 6.49. The van der Waals surface area contributed by atoms with Gasteiger partial charge in [0.1, 0.15) is 0 Å². The van der Waals surface area contributed by atoms with E-state index in [0.29, 0.717) is 19.2 Å². The molecule has 1 fully saturated rings. The van der Waals surface area contributed by atoms with Crippen molar-refractivity contribution in [2.45, 2.75) is 31.9 Å². The Kier molecular flexibility index (Phi) is 6.17. The highest BCUT2D eigenvalue weighted by atomic mass is 16.5. The molecule has 4 nitrogen and oxygen atoms in total. The zero-order valence-electron chi connectivity index (χ0n) is 9.91. The van der Waals surface area contributed by atoms with E-state index in [0.717, 1.165) is 19.6 Å². The van der Waals surface area contributed by atoms with Gasteiger partial charge >= 0.3 is 0 Å². The lowest BCUT2D eigenvalue weighted by molar-refractivity contribution is 0.112. The van der Waals surface area contributed by atoms with Gasteiger partial charge in [-0.05, 0) is 32.9 Å². The Morgan fingerprint density at radius 3 is 2.67 bits per heavy atom. The van der Waals surface area contributed by atoms with Crippen LogP contribution in [0.4, 0.5) is 0 Å². The number of hydrogen-bond donors (Lipinski definition) is 2. The Hall–Kier alpha value is -0.160. The third-order valence-corrected chi connectivity index (χ3v) is 2.79. The molecule has 1 saturated heterocycles. The van der Waals surface area contributed by atoms with Crippen molar-refractivity contribution in [2.75, 3.05) is 39.9 Å². The molecule has 0 radical (unpaired) electrons. The SMILES string of the molecule is COCC(C)NCC(O)CN1CCCC1. The van der Waals surface area contributed by atoms with Gasteiger partial charge in [0, 0.05) is 26.2 Å². The molecule has 0 spiro atoms. The van der Waals surface area contributed by atoms with Crippen molar-refractivity contribution in [2.24, 2.45) is 0 Å². The first-order chi connectivity index (χ1) is 7.22. The van der Waals surface area contributed by atoms with Crippen LogP contribution in [0.15, 0.2) is 0 Å². The molecule has 2 atom stereocenters. The lowest BCUT2D eigenvalue weighted by Gasteiger charge is -2.21. The molecule has 1 aliphatic heterocycles. The molecule has 0 amide bonds. The highest BCUT2D eigenvalue weighted by molar-refractivity contribution is 4.72. The fraction of sp³-hybridized carbons (Fsp3) is 1.00. The number of β-amino-alcohol motifs (C(OH)–C–C–N with tert-alkyl or cyclic N) is 1. The Labute approximate surface area is 92.6 Å². The topological polar surface area (TPSA) is 44.7 Å². The van der Waals surface area contributed by atoms with E-state index in [2.05, 4.69) is 17.1 Å². The first-order valence-electron chi connectivity index (χ1n) is 5.85. The third kappa shape index (κ3) is 5.47. The van der Waals surface area contributed by atoms with E-state index in [1.54, 1.807) is 7.11 Å². The van der Waals surface area contributed by atoms with Crippen molar-refractivity contribution in [1.82, 2.24) is 10.2 Å². The Balaban J connectivity index is 2.04. The van der Waals surface area contributed by atoms with Gasteiger partial charge in [0.05, 0.1) is 12.7 Å². The van der Waals surface area contributed by atoms with Crippen LogP contribution in [0.3, 0.4) is 0 Å². The summed E-state index contributed by atoms with van der Waals surface area (Å²) in [5.74, 6) is 0. The van der Waals surface area contributed by atoms with Gasteiger partial charge in [-0.25, -0.2) is 0 Å². The van der Waals surface area contributed by atoms with Gasteiger partial charge in [0.25, 0.3) is 0 Å². The summed E-state index contributed by atoms with van der Waals surface area (Å²) in [5, 5.41) is 13.0. The van der Waals surface area contributed by atoms with Gasteiger partial charge in [-0.2, -0.15) is 0 Å². The molecule has 0 bridgehead atoms. The van der Waals surface area contributed by atoms with E-state index in [9.17, 15) is 5.11 Å². The second kappa shape index (κ2) is 7.17. The zero-order chi connectivity index (χ0) is 11.1. The van der Waals surface area contributed by atoms with Crippen LogP contribution in [-0.4, -0.2) is 62.0 Å². The third-order valence-electron chi connectivity index (χ3n) is 2.79. The fourth-order valence-corrected chi connectivity index (χ4v) is 1.97. The van der Waals surface area contributed by atoms with Crippen LogP contribution < -0.4 is 5.32 Å². The van der Waals surface area contributed by atoms with Crippen LogP contribution >= 0.6 is 0 Å². The van der Waals surface area contributed by atoms with Crippen LogP contribution in [0, 0.1) is 0 Å². The van der Waals surface area contributed by atoms with Crippen LogP contribution in [0.5, 0.6) is 0 Å². The quantitative estimate of drug-likeness (QED) is 0.632. The predicted molar refractivity (Wildman–Crippen MR) is 61.0 cm³/mol. The van der Waals surface area contributed by atoms with Crippen LogP contribution in [0.2, 0.25) is 0 Å². The lowest BCUT2D eigenvalue weighted by Crippen LogP contribution is -2.41. The minimum atomic E-state index is -0.262. The van der Waals surface area contributed by atoms with Gasteiger partial charge in [-0.1, -0.05) is 0 Å². The molecule has 1 rings (SSSR count). The first kappa shape index (κ1) is 12.9. The van der Waals surface area contributed by atoms with E-state index in [-0.39, 0.29) is 6.10 Å². The number of ether oxygens (including phenoxy) is 1. The Morgan fingerprint density at radius 2 is 2.07 bits per heavy atom. The smallest absolute Gasteiger partial charge is 0.0791 e. The van der Waals surface area contributed by atoms with Crippen LogP contribution in [0.25, 0.3) is 0 Å². The number of aliphatic hydroxyl groups is 1. The van der Waals surface area contributed by atoms with E-state index in [4.69, 9.17) is 4.74 Å². The molecule has 0 aromatic carbocycles. The molecule has 2 N–H and O–H groups in total. The average molecular weight is 216 g/mol. The Bertz CT molecular complexity index is 161. The molecule has 0 saturated carbocycles. The second-order valence-corrected chi connectivity index (χ2v) is 4.43. The van der Waals surface area contributed by atoms with Crippen molar-refractivity contribution in [1.29, 1.82) is 0 Å². The number of nitrogens with one attached hydrogen (secondary N) is 1. The second-order valence-electron chi connectivity index (χ2n) is 4.43. The molecule has 15 heavy (non-hydrogen) atoms. The maximum Gasteiger partial charge on any atom is 0.0791 e. The number of methoxy groups -OCH3 is 1. The summed E-state index contributed by atoms with van der Waals surface area (Å²) in [6, 6.07) is 0.309. The molecule has 4 heteroatoms. The van der Waals surface area contributed by atoms with Crippen molar-refractivity contribution < 1.29 is 9.84 Å². The number of aliphatic hydroxyl groups excluding tert-OH is 1. The molecular formula is C11H24N2O2. The molecule has 1 heterocycles. The summed E-state index contributed by atoms with van der Waals surface area (Å²) < 4.78 is 5.01. The number of nitrogens with zero attached hydrogens (tertiary/aromatic N) is 1. The lowest BCUT2D eigenvalue weighted by atomic mass is 10.3. The average Bonchev–Trinajstić information content (AvgIpc) is 2.68. The first-order valence-corrected chi connectivity index (χ1v) is 5.85. The highest BCUT2D eigenvalue weighted by Crippen LogP contribution is 2.07. The maximum absolute atomic E-state index is 9.78.